The molecule has 18 heavy (non-hydrogen) atoms. The van der Waals surface area contributed by atoms with Crippen molar-refractivity contribution in [1.29, 1.82) is 0 Å². The summed E-state index contributed by atoms with van der Waals surface area (Å²) in [5, 5.41) is 11.6. The number of hydrogen-bond acceptors (Lipinski definition) is 4. The lowest BCUT2D eigenvalue weighted by molar-refractivity contribution is 0.318. The molecule has 0 saturated carbocycles. The third-order valence-electron chi connectivity index (χ3n) is 3.06. The van der Waals surface area contributed by atoms with Gasteiger partial charge in [0.1, 0.15) is 0 Å². The molecule has 3 N–H and O–H groups in total. The van der Waals surface area contributed by atoms with Crippen molar-refractivity contribution in [3.8, 4) is 0 Å². The molecule has 0 aliphatic heterocycles. The Morgan fingerprint density at radius 2 is 2.06 bits per heavy atom. The van der Waals surface area contributed by atoms with Crippen LogP contribution in [0.2, 0.25) is 0 Å². The van der Waals surface area contributed by atoms with E-state index in [1.807, 2.05) is 36.0 Å². The number of benzene rings is 1. The number of amidine groups is 1. The number of nitrogens with zero attached hydrogens (tertiary/aromatic N) is 2. The Balaban J connectivity index is 2.84. The predicted molar refractivity (Wildman–Crippen MR) is 79.8 cm³/mol. The van der Waals surface area contributed by atoms with Gasteiger partial charge in [-0.25, -0.2) is 0 Å². The molecule has 0 radical (unpaired) electrons. The van der Waals surface area contributed by atoms with Gasteiger partial charge >= 0.3 is 0 Å². The fourth-order valence-corrected chi connectivity index (χ4v) is 2.68. The largest absolute Gasteiger partial charge is 0.409 e. The molecule has 0 saturated heterocycles. The molecule has 0 fully saturated rings. The van der Waals surface area contributed by atoms with Crippen LogP contribution in [0, 0.1) is 0 Å². The lowest BCUT2D eigenvalue weighted by Crippen LogP contribution is -2.33. The van der Waals surface area contributed by atoms with Gasteiger partial charge in [0, 0.05) is 30.1 Å². The number of nitrogens with two attached hydrogens (primary N) is 1. The van der Waals surface area contributed by atoms with Gasteiger partial charge in [0.25, 0.3) is 0 Å². The van der Waals surface area contributed by atoms with Crippen LogP contribution < -0.4 is 10.6 Å². The van der Waals surface area contributed by atoms with Crippen LogP contribution in [0.4, 0.5) is 5.69 Å². The fourth-order valence-electron chi connectivity index (χ4n) is 1.83. The first kappa shape index (κ1) is 14.7. The molecule has 0 aliphatic rings. The van der Waals surface area contributed by atoms with E-state index >= 15 is 0 Å². The first-order valence-corrected chi connectivity index (χ1v) is 7.33. The molecule has 0 bridgehead atoms. The summed E-state index contributed by atoms with van der Waals surface area (Å²) in [5.74, 6) is 1.25. The van der Waals surface area contributed by atoms with E-state index < -0.39 is 0 Å². The van der Waals surface area contributed by atoms with E-state index in [0.29, 0.717) is 6.04 Å². The molecule has 0 aromatic heterocycles. The highest BCUT2D eigenvalue weighted by molar-refractivity contribution is 7.98. The molecule has 100 valence electrons. The molecule has 1 aromatic rings. The lowest BCUT2D eigenvalue weighted by atomic mass is 10.1. The van der Waals surface area contributed by atoms with Gasteiger partial charge in [-0.1, -0.05) is 12.1 Å². The van der Waals surface area contributed by atoms with Gasteiger partial charge in [-0.3, -0.25) is 0 Å². The molecule has 0 amide bonds. The SMILES string of the molecule is CCC(CSC)N(C)c1ccc(/C(N)=N/O)cc1. The summed E-state index contributed by atoms with van der Waals surface area (Å²) >= 11 is 1.86. The minimum absolute atomic E-state index is 0.139. The van der Waals surface area contributed by atoms with Crippen LogP contribution in [0.25, 0.3) is 0 Å². The average Bonchev–Trinajstić information content (AvgIpc) is 2.43. The average molecular weight is 267 g/mol. The minimum atomic E-state index is 0.139. The topological polar surface area (TPSA) is 61.8 Å². The Kier molecular flexibility index (Phi) is 5.85. The van der Waals surface area contributed by atoms with Crippen molar-refractivity contribution in [3.05, 3.63) is 29.8 Å². The molecular formula is C13H21N3OS. The van der Waals surface area contributed by atoms with Crippen molar-refractivity contribution in [1.82, 2.24) is 0 Å². The number of hydrogen-bond donors (Lipinski definition) is 2. The second kappa shape index (κ2) is 7.16. The minimum Gasteiger partial charge on any atom is -0.409 e. The van der Waals surface area contributed by atoms with Crippen LogP contribution in [0.3, 0.4) is 0 Å². The highest BCUT2D eigenvalue weighted by atomic mass is 32.2. The van der Waals surface area contributed by atoms with Crippen molar-refractivity contribution >= 4 is 23.3 Å². The van der Waals surface area contributed by atoms with E-state index in [4.69, 9.17) is 10.9 Å². The van der Waals surface area contributed by atoms with Crippen molar-refractivity contribution < 1.29 is 5.21 Å². The molecule has 1 rings (SSSR count). The van der Waals surface area contributed by atoms with Gasteiger partial charge < -0.3 is 15.8 Å². The summed E-state index contributed by atoms with van der Waals surface area (Å²) in [5.41, 5.74) is 7.41. The highest BCUT2D eigenvalue weighted by Gasteiger charge is 2.12. The zero-order valence-corrected chi connectivity index (χ0v) is 11.9. The molecule has 1 atom stereocenters. The predicted octanol–water partition coefficient (Wildman–Crippen LogP) is 2.36. The molecule has 0 aliphatic carbocycles. The van der Waals surface area contributed by atoms with Crippen molar-refractivity contribution in [3.63, 3.8) is 0 Å². The number of oxime groups is 1. The summed E-state index contributed by atoms with van der Waals surface area (Å²) in [6.45, 7) is 2.20. The van der Waals surface area contributed by atoms with E-state index in [1.165, 1.54) is 0 Å². The van der Waals surface area contributed by atoms with E-state index in [9.17, 15) is 0 Å². The first-order chi connectivity index (χ1) is 8.63. The van der Waals surface area contributed by atoms with E-state index in [-0.39, 0.29) is 5.84 Å². The van der Waals surface area contributed by atoms with Crippen molar-refractivity contribution in [2.45, 2.75) is 19.4 Å². The van der Waals surface area contributed by atoms with Gasteiger partial charge in [0.05, 0.1) is 0 Å². The van der Waals surface area contributed by atoms with Crippen molar-refractivity contribution in [2.75, 3.05) is 24.0 Å². The Morgan fingerprint density at radius 1 is 1.44 bits per heavy atom. The van der Waals surface area contributed by atoms with Gasteiger partial charge in [-0.05, 0) is 36.9 Å². The van der Waals surface area contributed by atoms with E-state index in [0.717, 1.165) is 23.4 Å². The van der Waals surface area contributed by atoms with Gasteiger partial charge in [0.15, 0.2) is 5.84 Å². The zero-order chi connectivity index (χ0) is 13.5. The second-order valence-corrected chi connectivity index (χ2v) is 5.07. The monoisotopic (exact) mass is 267 g/mol. The summed E-state index contributed by atoms with van der Waals surface area (Å²) in [6.07, 6.45) is 3.23. The molecule has 0 heterocycles. The third kappa shape index (κ3) is 3.57. The molecular weight excluding hydrogens is 246 g/mol. The maximum atomic E-state index is 8.61. The van der Waals surface area contributed by atoms with Crippen LogP contribution >= 0.6 is 11.8 Å². The molecule has 1 unspecified atom stereocenters. The number of thioether (sulfide) groups is 1. The Morgan fingerprint density at radius 3 is 2.50 bits per heavy atom. The zero-order valence-electron chi connectivity index (χ0n) is 11.1. The summed E-state index contributed by atoms with van der Waals surface area (Å²) in [6, 6.07) is 8.25. The summed E-state index contributed by atoms with van der Waals surface area (Å²) in [4.78, 5) is 2.27. The number of rotatable bonds is 6. The maximum absolute atomic E-state index is 8.61. The van der Waals surface area contributed by atoms with Crippen LogP contribution in [-0.4, -0.2) is 36.1 Å². The smallest absolute Gasteiger partial charge is 0.170 e. The van der Waals surface area contributed by atoms with Crippen molar-refractivity contribution in [2.24, 2.45) is 10.9 Å². The van der Waals surface area contributed by atoms with Gasteiger partial charge in [-0.2, -0.15) is 11.8 Å². The molecule has 0 spiro atoms. The summed E-state index contributed by atoms with van der Waals surface area (Å²) in [7, 11) is 2.10. The van der Waals surface area contributed by atoms with E-state index in [2.05, 4.69) is 30.3 Å². The van der Waals surface area contributed by atoms with Gasteiger partial charge in [0.2, 0.25) is 0 Å². The second-order valence-electron chi connectivity index (χ2n) is 4.16. The van der Waals surface area contributed by atoms with Gasteiger partial charge in [-0.15, -0.1) is 0 Å². The third-order valence-corrected chi connectivity index (χ3v) is 3.77. The number of anilines is 1. The lowest BCUT2D eigenvalue weighted by Gasteiger charge is -2.29. The Hall–Kier alpha value is -1.36. The Bertz CT molecular complexity index is 392. The maximum Gasteiger partial charge on any atom is 0.170 e. The van der Waals surface area contributed by atoms with Crippen LogP contribution in [0.5, 0.6) is 0 Å². The normalized spacial score (nSPS) is 13.4. The first-order valence-electron chi connectivity index (χ1n) is 5.93. The van der Waals surface area contributed by atoms with Crippen LogP contribution in [0.15, 0.2) is 29.4 Å². The standard InChI is InChI=1S/C13H21N3OS/c1-4-11(9-18-3)16(2)12-7-5-10(6-8-12)13(14)15-17/h5-8,11,17H,4,9H2,1-3H3,(H2,14,15). The van der Waals surface area contributed by atoms with Crippen LogP contribution in [0.1, 0.15) is 18.9 Å². The molecule has 1 aromatic carbocycles. The molecule has 4 nitrogen and oxygen atoms in total. The van der Waals surface area contributed by atoms with Crippen LogP contribution in [-0.2, 0) is 0 Å². The highest BCUT2D eigenvalue weighted by Crippen LogP contribution is 2.19. The molecule has 5 heteroatoms. The Labute approximate surface area is 113 Å². The summed E-state index contributed by atoms with van der Waals surface area (Å²) < 4.78 is 0. The van der Waals surface area contributed by atoms with E-state index in [1.54, 1.807) is 0 Å². The quantitative estimate of drug-likeness (QED) is 0.359. The fraction of sp³-hybridized carbons (Fsp3) is 0.462.